The number of allylic oxidation sites excluding steroid dienone is 1. The first-order valence-electron chi connectivity index (χ1n) is 8.78. The number of hydrogen-bond acceptors (Lipinski definition) is 5. The van der Waals surface area contributed by atoms with Crippen molar-refractivity contribution < 1.29 is 0 Å². The summed E-state index contributed by atoms with van der Waals surface area (Å²) in [6, 6.07) is 9.37. The molecule has 0 saturated carbocycles. The maximum Gasteiger partial charge on any atom is 0.148 e. The number of aromatic nitrogens is 3. The topological polar surface area (TPSA) is 92.4 Å². The molecule has 3 aromatic heterocycles. The Labute approximate surface area is 169 Å². The molecule has 0 aliphatic rings. The molecule has 0 unspecified atom stereocenters. The summed E-state index contributed by atoms with van der Waals surface area (Å²) < 4.78 is 1.82. The minimum absolute atomic E-state index is 0.0763. The fourth-order valence-corrected chi connectivity index (χ4v) is 2.88. The average molecular weight is 393 g/mol. The van der Waals surface area contributed by atoms with E-state index in [0.717, 1.165) is 16.7 Å². The normalized spacial score (nSPS) is 12.6. The van der Waals surface area contributed by atoms with Crippen LogP contribution in [-0.2, 0) is 0 Å². The number of aliphatic imine (C=N–C) groups is 1. The lowest BCUT2D eigenvalue weighted by Crippen LogP contribution is -2.09. The standard InChI is InChI=1S/C21H21ClN6/c1-21(2,3)13-25-11-15(9-23)17-5-4-16(10-24)26-20(17)14-6-7-28-12-18(22)27-19(28)8-14/h4-9,11-12H,13,23H2,1-3H3. The third-order valence-corrected chi connectivity index (χ3v) is 4.18. The van der Waals surface area contributed by atoms with Crippen molar-refractivity contribution in [2.45, 2.75) is 20.8 Å². The Morgan fingerprint density at radius 1 is 1.32 bits per heavy atom. The molecule has 142 valence electrons. The summed E-state index contributed by atoms with van der Waals surface area (Å²) in [5.41, 5.74) is 9.95. The smallest absolute Gasteiger partial charge is 0.148 e. The molecule has 0 saturated heterocycles. The van der Waals surface area contributed by atoms with Crippen LogP contribution in [0.25, 0.3) is 22.5 Å². The van der Waals surface area contributed by atoms with E-state index in [1.807, 2.05) is 28.8 Å². The third-order valence-electron chi connectivity index (χ3n) is 4.00. The zero-order valence-electron chi connectivity index (χ0n) is 16.0. The number of hydrogen-bond donors (Lipinski definition) is 1. The molecule has 0 aliphatic carbocycles. The first-order chi connectivity index (χ1) is 13.3. The van der Waals surface area contributed by atoms with Crippen molar-refractivity contribution in [2.75, 3.05) is 6.54 Å². The first kappa shape index (κ1) is 19.6. The molecule has 28 heavy (non-hydrogen) atoms. The average Bonchev–Trinajstić information content (AvgIpc) is 3.03. The van der Waals surface area contributed by atoms with E-state index in [4.69, 9.17) is 17.3 Å². The Morgan fingerprint density at radius 2 is 2.11 bits per heavy atom. The number of fused-ring (bicyclic) bond motifs is 1. The van der Waals surface area contributed by atoms with E-state index in [0.29, 0.717) is 28.7 Å². The lowest BCUT2D eigenvalue weighted by atomic mass is 9.97. The molecule has 6 nitrogen and oxygen atoms in total. The van der Waals surface area contributed by atoms with Crippen LogP contribution in [-0.4, -0.2) is 27.1 Å². The highest BCUT2D eigenvalue weighted by molar-refractivity contribution is 6.29. The summed E-state index contributed by atoms with van der Waals surface area (Å²) in [6.45, 7) is 7.03. The Hall–Kier alpha value is -3.17. The largest absolute Gasteiger partial charge is 0.404 e. The molecule has 0 spiro atoms. The zero-order valence-corrected chi connectivity index (χ0v) is 16.8. The Bertz CT molecular complexity index is 1110. The van der Waals surface area contributed by atoms with Crippen molar-refractivity contribution in [2.24, 2.45) is 16.1 Å². The van der Waals surface area contributed by atoms with Gasteiger partial charge in [0, 0.05) is 48.1 Å². The maximum atomic E-state index is 9.29. The van der Waals surface area contributed by atoms with E-state index < -0.39 is 0 Å². The van der Waals surface area contributed by atoms with Gasteiger partial charge in [0.1, 0.15) is 22.6 Å². The summed E-state index contributed by atoms with van der Waals surface area (Å²) in [5.74, 6) is 0. The number of halogens is 1. The van der Waals surface area contributed by atoms with Gasteiger partial charge in [-0.25, -0.2) is 9.97 Å². The number of nitrogens with zero attached hydrogens (tertiary/aromatic N) is 5. The second-order valence-electron chi connectivity index (χ2n) is 7.60. The fraction of sp³-hybridized carbons (Fsp3) is 0.238. The molecular formula is C21H21ClN6. The highest BCUT2D eigenvalue weighted by Crippen LogP contribution is 2.28. The van der Waals surface area contributed by atoms with Gasteiger partial charge in [-0.15, -0.1) is 0 Å². The van der Waals surface area contributed by atoms with E-state index in [1.54, 1.807) is 18.5 Å². The van der Waals surface area contributed by atoms with Gasteiger partial charge < -0.3 is 10.1 Å². The van der Waals surface area contributed by atoms with Crippen LogP contribution < -0.4 is 5.73 Å². The highest BCUT2D eigenvalue weighted by Gasteiger charge is 2.14. The van der Waals surface area contributed by atoms with Gasteiger partial charge in [-0.3, -0.25) is 4.99 Å². The van der Waals surface area contributed by atoms with Gasteiger partial charge >= 0.3 is 0 Å². The minimum atomic E-state index is 0.0763. The van der Waals surface area contributed by atoms with Crippen molar-refractivity contribution in [1.82, 2.24) is 14.4 Å². The van der Waals surface area contributed by atoms with Gasteiger partial charge in [-0.05, 0) is 29.7 Å². The Morgan fingerprint density at radius 3 is 2.79 bits per heavy atom. The molecule has 3 heterocycles. The predicted octanol–water partition coefficient (Wildman–Crippen LogP) is 4.34. The van der Waals surface area contributed by atoms with Gasteiger partial charge in [0.25, 0.3) is 0 Å². The number of nitrogens with two attached hydrogens (primary N) is 1. The van der Waals surface area contributed by atoms with E-state index in [9.17, 15) is 5.26 Å². The lowest BCUT2D eigenvalue weighted by Gasteiger charge is -2.14. The van der Waals surface area contributed by atoms with Crippen LogP contribution in [0.5, 0.6) is 0 Å². The van der Waals surface area contributed by atoms with E-state index in [2.05, 4.69) is 41.8 Å². The molecule has 2 N–H and O–H groups in total. The highest BCUT2D eigenvalue weighted by atomic mass is 35.5. The van der Waals surface area contributed by atoms with Crippen LogP contribution in [0.4, 0.5) is 0 Å². The quantitative estimate of drug-likeness (QED) is 0.668. The summed E-state index contributed by atoms with van der Waals surface area (Å²) in [4.78, 5) is 13.3. The molecule has 0 fully saturated rings. The van der Waals surface area contributed by atoms with Crippen molar-refractivity contribution in [3.8, 4) is 17.3 Å². The van der Waals surface area contributed by atoms with Gasteiger partial charge in [0.2, 0.25) is 0 Å². The molecule has 0 bridgehead atoms. The SMILES string of the molecule is CC(C)(C)CN=CC(=CN)c1ccc(C#N)nc1-c1ccn2cc(Cl)nc2c1. The van der Waals surface area contributed by atoms with Crippen molar-refractivity contribution in [3.63, 3.8) is 0 Å². The second kappa shape index (κ2) is 7.83. The molecular weight excluding hydrogens is 372 g/mol. The Balaban J connectivity index is 2.10. The monoisotopic (exact) mass is 392 g/mol. The molecule has 3 aromatic rings. The molecule has 0 amide bonds. The van der Waals surface area contributed by atoms with Gasteiger partial charge in [0.15, 0.2) is 0 Å². The zero-order chi connectivity index (χ0) is 20.3. The summed E-state index contributed by atoms with van der Waals surface area (Å²) in [6.07, 6.45) is 6.84. The number of pyridine rings is 2. The lowest BCUT2D eigenvalue weighted by molar-refractivity contribution is 0.430. The van der Waals surface area contributed by atoms with Crippen molar-refractivity contribution in [1.29, 1.82) is 5.26 Å². The first-order valence-corrected chi connectivity index (χ1v) is 9.16. The van der Waals surface area contributed by atoms with Crippen LogP contribution in [0.1, 0.15) is 32.0 Å². The number of imidazole rings is 1. The molecule has 3 rings (SSSR count). The predicted molar refractivity (Wildman–Crippen MR) is 113 cm³/mol. The van der Waals surface area contributed by atoms with Crippen molar-refractivity contribution in [3.05, 3.63) is 59.3 Å². The third kappa shape index (κ3) is 4.38. The molecule has 0 atom stereocenters. The van der Waals surface area contributed by atoms with Gasteiger partial charge in [0.05, 0.1) is 5.69 Å². The molecule has 7 heteroatoms. The fourth-order valence-electron chi connectivity index (χ4n) is 2.69. The van der Waals surface area contributed by atoms with E-state index in [1.165, 1.54) is 6.20 Å². The summed E-state index contributed by atoms with van der Waals surface area (Å²) >= 11 is 5.99. The van der Waals surface area contributed by atoms with Crippen LogP contribution >= 0.6 is 11.6 Å². The molecule has 0 aromatic carbocycles. The van der Waals surface area contributed by atoms with Crippen LogP contribution in [0.2, 0.25) is 5.15 Å². The van der Waals surface area contributed by atoms with Gasteiger partial charge in [-0.2, -0.15) is 5.26 Å². The number of rotatable bonds is 4. The summed E-state index contributed by atoms with van der Waals surface area (Å²) in [5, 5.41) is 9.70. The van der Waals surface area contributed by atoms with E-state index in [-0.39, 0.29) is 5.41 Å². The Kier molecular flexibility index (Phi) is 5.48. The second-order valence-corrected chi connectivity index (χ2v) is 7.99. The minimum Gasteiger partial charge on any atom is -0.404 e. The maximum absolute atomic E-state index is 9.29. The van der Waals surface area contributed by atoms with Gasteiger partial charge in [-0.1, -0.05) is 32.4 Å². The van der Waals surface area contributed by atoms with Crippen LogP contribution in [0.3, 0.4) is 0 Å². The summed E-state index contributed by atoms with van der Waals surface area (Å²) in [7, 11) is 0. The van der Waals surface area contributed by atoms with E-state index >= 15 is 0 Å². The van der Waals surface area contributed by atoms with Crippen LogP contribution in [0.15, 0.2) is 47.9 Å². The molecule has 0 radical (unpaired) electrons. The number of nitriles is 1. The van der Waals surface area contributed by atoms with Crippen LogP contribution in [0, 0.1) is 16.7 Å². The van der Waals surface area contributed by atoms with Crippen molar-refractivity contribution >= 4 is 29.0 Å². The molecule has 0 aliphatic heterocycles.